The molecule has 1 aliphatic rings. The molecule has 0 aromatic heterocycles. The maximum absolute atomic E-state index is 10.4. The van der Waals surface area contributed by atoms with Gasteiger partial charge >= 0.3 is 0 Å². The van der Waals surface area contributed by atoms with Gasteiger partial charge in [0.2, 0.25) is 0 Å². The van der Waals surface area contributed by atoms with E-state index < -0.39 is 0 Å². The zero-order chi connectivity index (χ0) is 17.2. The number of aromatic hydroxyl groups is 2. The fourth-order valence-corrected chi connectivity index (χ4v) is 4.09. The lowest BCUT2D eigenvalue weighted by atomic mass is 9.82. The molecule has 1 unspecified atom stereocenters. The van der Waals surface area contributed by atoms with Gasteiger partial charge in [0, 0.05) is 23.5 Å². The normalized spacial score (nSPS) is 19.4. The second-order valence-corrected chi connectivity index (χ2v) is 7.56. The van der Waals surface area contributed by atoms with E-state index in [-0.39, 0.29) is 22.9 Å². The second kappa shape index (κ2) is 8.24. The van der Waals surface area contributed by atoms with Crippen molar-refractivity contribution in [1.29, 1.82) is 0 Å². The Morgan fingerprint density at radius 2 is 1.44 bits per heavy atom. The molecule has 0 bridgehead atoms. The Morgan fingerprint density at radius 3 is 1.92 bits per heavy atom. The number of hydrogen-bond acceptors (Lipinski definition) is 2. The summed E-state index contributed by atoms with van der Waals surface area (Å²) in [7, 11) is 4.60. The minimum absolute atomic E-state index is 0. The maximum Gasteiger partial charge on any atom is 0.119 e. The molecule has 1 fully saturated rings. The Kier molecular flexibility index (Phi) is 6.53. The fourth-order valence-electron chi connectivity index (χ4n) is 4.09. The fraction of sp³-hybridized carbons (Fsp3) is 0.429. The maximum atomic E-state index is 10.4. The molecule has 3 nitrogen and oxygen atoms in total. The predicted octanol–water partition coefficient (Wildman–Crippen LogP) is 1.25. The van der Waals surface area contributed by atoms with Crippen molar-refractivity contribution in [3.05, 3.63) is 59.7 Å². The van der Waals surface area contributed by atoms with Crippen LogP contribution < -0.4 is 17.0 Å². The summed E-state index contributed by atoms with van der Waals surface area (Å²) in [6.07, 6.45) is 4.68. The van der Waals surface area contributed by atoms with Crippen LogP contribution in [0.3, 0.4) is 0 Å². The van der Waals surface area contributed by atoms with Gasteiger partial charge in [-0.3, -0.25) is 0 Å². The van der Waals surface area contributed by atoms with Crippen LogP contribution in [-0.2, 0) is 0 Å². The van der Waals surface area contributed by atoms with Crippen molar-refractivity contribution in [3.63, 3.8) is 0 Å². The van der Waals surface area contributed by atoms with E-state index in [2.05, 4.69) is 14.1 Å². The summed E-state index contributed by atoms with van der Waals surface area (Å²) >= 11 is 0. The third-order valence-electron chi connectivity index (χ3n) is 5.64. The first-order valence-electron chi connectivity index (χ1n) is 8.87. The number of quaternary nitrogens is 1. The summed E-state index contributed by atoms with van der Waals surface area (Å²) in [6, 6.07) is 15.6. The Balaban J connectivity index is 0.00000225. The number of halogens is 1. The molecule has 2 aromatic carbocycles. The molecule has 4 heteroatoms. The average Bonchev–Trinajstić information content (AvgIpc) is 2.55. The first-order valence-corrected chi connectivity index (χ1v) is 8.87. The van der Waals surface area contributed by atoms with Crippen molar-refractivity contribution < 1.29 is 31.7 Å². The monoisotopic (exact) mass is 405 g/mol. The predicted molar refractivity (Wildman–Crippen MR) is 97.3 cm³/mol. The third kappa shape index (κ3) is 4.36. The van der Waals surface area contributed by atoms with E-state index in [0.29, 0.717) is 17.5 Å². The Hall–Kier alpha value is -1.52. The van der Waals surface area contributed by atoms with E-state index in [0.717, 1.165) is 22.0 Å². The number of para-hydroxylation sites is 2. The molecule has 0 saturated carbocycles. The van der Waals surface area contributed by atoms with Crippen LogP contribution in [0.25, 0.3) is 0 Å². The van der Waals surface area contributed by atoms with E-state index in [1.54, 1.807) is 12.1 Å². The van der Waals surface area contributed by atoms with Crippen LogP contribution >= 0.6 is 0 Å². The number of rotatable bonds is 4. The van der Waals surface area contributed by atoms with Crippen LogP contribution in [0.4, 0.5) is 0 Å². The summed E-state index contributed by atoms with van der Waals surface area (Å²) in [5.41, 5.74) is 1.81. The van der Waals surface area contributed by atoms with E-state index in [4.69, 9.17) is 0 Å². The molecule has 0 aliphatic carbocycles. The molecule has 0 amide bonds. The van der Waals surface area contributed by atoms with E-state index >= 15 is 0 Å². The number of phenolic OH excluding ortho intramolecular Hbond substituents is 2. The van der Waals surface area contributed by atoms with Crippen LogP contribution in [0.15, 0.2) is 48.5 Å². The standard InChI is InChI=1S/C21H27NO2.BrH/c1-22(2)14-8-7-9-16(22)15-19(17-10-3-5-12-20(17)23)18-11-4-6-13-21(18)24;/h3-6,10-13,16,19H,7-9,14-15H2,1-2H3,(H-,23,24);1H. The van der Waals surface area contributed by atoms with Crippen molar-refractivity contribution in [2.75, 3.05) is 20.6 Å². The highest BCUT2D eigenvalue weighted by molar-refractivity contribution is 5.46. The Bertz CT molecular complexity index is 656. The highest BCUT2D eigenvalue weighted by Gasteiger charge is 2.35. The van der Waals surface area contributed by atoms with Crippen molar-refractivity contribution in [1.82, 2.24) is 0 Å². The first-order chi connectivity index (χ1) is 11.5. The van der Waals surface area contributed by atoms with Crippen LogP contribution in [0.5, 0.6) is 11.5 Å². The van der Waals surface area contributed by atoms with Crippen molar-refractivity contribution in [3.8, 4) is 11.5 Å². The number of nitrogens with zero attached hydrogens (tertiary/aromatic N) is 1. The molecule has 1 saturated heterocycles. The van der Waals surface area contributed by atoms with Crippen LogP contribution in [0.2, 0.25) is 0 Å². The number of piperidine rings is 1. The van der Waals surface area contributed by atoms with Gasteiger partial charge in [-0.1, -0.05) is 36.4 Å². The third-order valence-corrected chi connectivity index (χ3v) is 5.64. The zero-order valence-electron chi connectivity index (χ0n) is 15.0. The molecular weight excluding hydrogens is 378 g/mol. The van der Waals surface area contributed by atoms with Crippen molar-refractivity contribution in [2.24, 2.45) is 0 Å². The Morgan fingerprint density at radius 1 is 0.920 bits per heavy atom. The molecule has 3 rings (SSSR count). The van der Waals surface area contributed by atoms with Gasteiger partial charge in [-0.15, -0.1) is 0 Å². The van der Waals surface area contributed by atoms with Gasteiger partial charge in [-0.05, 0) is 31.4 Å². The summed E-state index contributed by atoms with van der Waals surface area (Å²) in [6.45, 7) is 1.19. The molecule has 0 radical (unpaired) electrons. The number of phenols is 2. The van der Waals surface area contributed by atoms with Gasteiger partial charge in [-0.2, -0.15) is 0 Å². The minimum Gasteiger partial charge on any atom is -1.00 e. The van der Waals surface area contributed by atoms with E-state index in [9.17, 15) is 10.2 Å². The lowest BCUT2D eigenvalue weighted by molar-refractivity contribution is -0.920. The first kappa shape index (κ1) is 19.8. The largest absolute Gasteiger partial charge is 1.00 e. The molecule has 136 valence electrons. The number of benzene rings is 2. The summed E-state index contributed by atoms with van der Waals surface area (Å²) in [5.74, 6) is 0.631. The zero-order valence-corrected chi connectivity index (χ0v) is 16.6. The van der Waals surface area contributed by atoms with Gasteiger partial charge in [0.15, 0.2) is 0 Å². The molecule has 1 aliphatic heterocycles. The molecule has 0 spiro atoms. The second-order valence-electron chi connectivity index (χ2n) is 7.56. The van der Waals surface area contributed by atoms with Crippen molar-refractivity contribution in [2.45, 2.75) is 37.6 Å². The van der Waals surface area contributed by atoms with E-state index in [1.807, 2.05) is 36.4 Å². The van der Waals surface area contributed by atoms with Gasteiger partial charge in [0.05, 0.1) is 26.7 Å². The van der Waals surface area contributed by atoms with Crippen molar-refractivity contribution >= 4 is 0 Å². The molecule has 1 heterocycles. The molecule has 1 atom stereocenters. The minimum atomic E-state index is 0. The summed E-state index contributed by atoms with van der Waals surface area (Å²) < 4.78 is 1.01. The number of likely N-dealkylation sites (tertiary alicyclic amines) is 1. The van der Waals surface area contributed by atoms with E-state index in [1.165, 1.54) is 25.8 Å². The van der Waals surface area contributed by atoms with Gasteiger partial charge in [0.1, 0.15) is 11.5 Å². The summed E-state index contributed by atoms with van der Waals surface area (Å²) in [5, 5.41) is 20.8. The Labute approximate surface area is 161 Å². The lowest BCUT2D eigenvalue weighted by Crippen LogP contribution is -3.00. The smallest absolute Gasteiger partial charge is 0.119 e. The quantitative estimate of drug-likeness (QED) is 0.751. The topological polar surface area (TPSA) is 40.5 Å². The molecule has 2 N–H and O–H groups in total. The molecular formula is C21H28BrNO2. The average molecular weight is 406 g/mol. The SMILES string of the molecule is C[N+]1(C)CCCCC1CC(c1ccccc1O)c1ccccc1O.[Br-]. The highest BCUT2D eigenvalue weighted by atomic mass is 79.9. The lowest BCUT2D eigenvalue weighted by Gasteiger charge is -2.43. The van der Waals surface area contributed by atoms with Crippen LogP contribution in [0.1, 0.15) is 42.7 Å². The van der Waals surface area contributed by atoms with Crippen LogP contribution in [-0.4, -0.2) is 41.4 Å². The highest BCUT2D eigenvalue weighted by Crippen LogP contribution is 2.41. The van der Waals surface area contributed by atoms with Gasteiger partial charge in [0.25, 0.3) is 0 Å². The molecule has 25 heavy (non-hydrogen) atoms. The molecule has 2 aromatic rings. The van der Waals surface area contributed by atoms with Gasteiger partial charge in [-0.25, -0.2) is 0 Å². The number of hydrogen-bond donors (Lipinski definition) is 2. The summed E-state index contributed by atoms with van der Waals surface area (Å²) in [4.78, 5) is 0. The van der Waals surface area contributed by atoms with Crippen LogP contribution in [0, 0.1) is 0 Å². The van der Waals surface area contributed by atoms with Gasteiger partial charge < -0.3 is 31.7 Å².